The van der Waals surface area contributed by atoms with Crippen molar-refractivity contribution in [3.63, 3.8) is 0 Å². The van der Waals surface area contributed by atoms with Gasteiger partial charge in [0.1, 0.15) is 11.5 Å². The van der Waals surface area contributed by atoms with Crippen molar-refractivity contribution in [2.24, 2.45) is 5.16 Å². The standard InChI is InChI=1S/C19H31NO3/c1-3-5-7-9-11-15-13-16(19(22)14-18(15)21)17(20-23)12-10-8-6-4-2/h13-14,21-23H,3-12H2,1-2H3/b20-17+. The first-order valence-electron chi connectivity index (χ1n) is 8.90. The number of phenols is 2. The van der Waals surface area contributed by atoms with Crippen molar-refractivity contribution in [2.45, 2.75) is 78.1 Å². The molecular formula is C19H31NO3. The van der Waals surface area contributed by atoms with E-state index in [1.807, 2.05) is 0 Å². The summed E-state index contributed by atoms with van der Waals surface area (Å²) >= 11 is 0. The van der Waals surface area contributed by atoms with E-state index < -0.39 is 0 Å². The smallest absolute Gasteiger partial charge is 0.128 e. The molecule has 130 valence electrons. The summed E-state index contributed by atoms with van der Waals surface area (Å²) < 4.78 is 0. The Morgan fingerprint density at radius 2 is 1.52 bits per heavy atom. The Morgan fingerprint density at radius 3 is 2.13 bits per heavy atom. The third-order valence-corrected chi connectivity index (χ3v) is 4.20. The maximum Gasteiger partial charge on any atom is 0.128 e. The van der Waals surface area contributed by atoms with E-state index in [1.54, 1.807) is 6.07 Å². The summed E-state index contributed by atoms with van der Waals surface area (Å²) in [5.74, 6) is 0.0918. The first kappa shape index (κ1) is 19.3. The quantitative estimate of drug-likeness (QED) is 0.222. The van der Waals surface area contributed by atoms with Crippen molar-refractivity contribution < 1.29 is 15.4 Å². The monoisotopic (exact) mass is 321 g/mol. The number of phenolic OH excluding ortho intramolecular Hbond substituents is 2. The van der Waals surface area contributed by atoms with Gasteiger partial charge in [-0.2, -0.15) is 0 Å². The lowest BCUT2D eigenvalue weighted by molar-refractivity contribution is 0.317. The number of oxime groups is 1. The molecule has 4 nitrogen and oxygen atoms in total. The van der Waals surface area contributed by atoms with E-state index in [2.05, 4.69) is 19.0 Å². The maximum absolute atomic E-state index is 10.1. The predicted molar refractivity (Wildman–Crippen MR) is 94.7 cm³/mol. The Hall–Kier alpha value is -1.71. The summed E-state index contributed by atoms with van der Waals surface area (Å²) in [6.45, 7) is 4.32. The fourth-order valence-corrected chi connectivity index (χ4v) is 2.75. The first-order chi connectivity index (χ1) is 11.1. The van der Waals surface area contributed by atoms with Crippen LogP contribution in [0.2, 0.25) is 0 Å². The van der Waals surface area contributed by atoms with Crippen LogP contribution in [0.3, 0.4) is 0 Å². The molecule has 3 N–H and O–H groups in total. The van der Waals surface area contributed by atoms with Gasteiger partial charge in [-0.15, -0.1) is 0 Å². The van der Waals surface area contributed by atoms with Crippen LogP contribution in [0.1, 0.15) is 82.8 Å². The molecule has 4 heteroatoms. The number of benzene rings is 1. The zero-order valence-electron chi connectivity index (χ0n) is 14.5. The van der Waals surface area contributed by atoms with E-state index in [1.165, 1.54) is 18.9 Å². The molecular weight excluding hydrogens is 290 g/mol. The highest BCUT2D eigenvalue weighted by Crippen LogP contribution is 2.30. The molecule has 1 aromatic carbocycles. The summed E-state index contributed by atoms with van der Waals surface area (Å²) in [6.07, 6.45) is 10.2. The molecule has 0 atom stereocenters. The number of aryl methyl sites for hydroxylation is 1. The lowest BCUT2D eigenvalue weighted by atomic mass is 9.97. The molecule has 0 aliphatic carbocycles. The summed E-state index contributed by atoms with van der Waals surface area (Å²) in [5, 5.41) is 32.7. The summed E-state index contributed by atoms with van der Waals surface area (Å²) in [7, 11) is 0. The van der Waals surface area contributed by atoms with E-state index in [0.29, 0.717) is 17.7 Å². The van der Waals surface area contributed by atoms with Gasteiger partial charge in [-0.25, -0.2) is 0 Å². The number of hydrogen-bond acceptors (Lipinski definition) is 4. The third-order valence-electron chi connectivity index (χ3n) is 4.20. The van der Waals surface area contributed by atoms with E-state index in [9.17, 15) is 15.4 Å². The SMILES string of the molecule is CCCCCC/C(=N\O)c1cc(CCCCCC)c(O)cc1O. The van der Waals surface area contributed by atoms with E-state index >= 15 is 0 Å². The average molecular weight is 321 g/mol. The van der Waals surface area contributed by atoms with Crippen LogP contribution in [-0.2, 0) is 6.42 Å². The molecule has 1 rings (SSSR count). The second-order valence-corrected chi connectivity index (χ2v) is 6.17. The third kappa shape index (κ3) is 6.51. The molecule has 0 saturated heterocycles. The van der Waals surface area contributed by atoms with Gasteiger partial charge in [0.15, 0.2) is 0 Å². The zero-order valence-corrected chi connectivity index (χ0v) is 14.5. The van der Waals surface area contributed by atoms with Gasteiger partial charge in [0.2, 0.25) is 0 Å². The molecule has 0 aliphatic rings. The molecule has 0 heterocycles. The van der Waals surface area contributed by atoms with Crippen molar-refractivity contribution in [3.8, 4) is 11.5 Å². The van der Waals surface area contributed by atoms with Crippen LogP contribution < -0.4 is 0 Å². The van der Waals surface area contributed by atoms with Gasteiger partial charge in [0.05, 0.1) is 5.71 Å². The predicted octanol–water partition coefficient (Wildman–Crippen LogP) is 5.37. The van der Waals surface area contributed by atoms with Crippen LogP contribution in [0.4, 0.5) is 0 Å². The maximum atomic E-state index is 10.1. The fourth-order valence-electron chi connectivity index (χ4n) is 2.75. The molecule has 1 aromatic rings. The molecule has 0 aromatic heterocycles. The van der Waals surface area contributed by atoms with Gasteiger partial charge in [-0.1, -0.05) is 57.5 Å². The lowest BCUT2D eigenvalue weighted by Gasteiger charge is -2.11. The van der Waals surface area contributed by atoms with Crippen molar-refractivity contribution >= 4 is 5.71 Å². The lowest BCUT2D eigenvalue weighted by Crippen LogP contribution is -2.03. The second-order valence-electron chi connectivity index (χ2n) is 6.17. The number of aromatic hydroxyl groups is 2. The molecule has 0 bridgehead atoms. The van der Waals surface area contributed by atoms with Crippen molar-refractivity contribution in [2.75, 3.05) is 0 Å². The molecule has 0 radical (unpaired) electrons. The van der Waals surface area contributed by atoms with Crippen molar-refractivity contribution in [1.82, 2.24) is 0 Å². The highest BCUT2D eigenvalue weighted by molar-refractivity contribution is 6.02. The van der Waals surface area contributed by atoms with Crippen LogP contribution in [0, 0.1) is 0 Å². The number of nitrogens with zero attached hydrogens (tertiary/aromatic N) is 1. The molecule has 0 aliphatic heterocycles. The van der Waals surface area contributed by atoms with E-state index in [-0.39, 0.29) is 11.5 Å². The second kappa shape index (κ2) is 10.9. The number of rotatable bonds is 11. The van der Waals surface area contributed by atoms with E-state index in [0.717, 1.165) is 50.5 Å². The van der Waals surface area contributed by atoms with Gasteiger partial charge >= 0.3 is 0 Å². The summed E-state index contributed by atoms with van der Waals surface area (Å²) in [6, 6.07) is 3.13. The largest absolute Gasteiger partial charge is 0.508 e. The Bertz CT molecular complexity index is 498. The molecule has 0 fully saturated rings. The molecule has 0 amide bonds. The zero-order chi connectivity index (χ0) is 17.1. The number of unbranched alkanes of at least 4 members (excludes halogenated alkanes) is 6. The van der Waals surface area contributed by atoms with Crippen LogP contribution in [0.5, 0.6) is 11.5 Å². The minimum absolute atomic E-state index is 0.0249. The normalized spacial score (nSPS) is 11.8. The minimum Gasteiger partial charge on any atom is -0.508 e. The molecule has 0 unspecified atom stereocenters. The van der Waals surface area contributed by atoms with Crippen molar-refractivity contribution in [1.29, 1.82) is 0 Å². The summed E-state index contributed by atoms with van der Waals surface area (Å²) in [4.78, 5) is 0. The number of hydrogen-bond donors (Lipinski definition) is 3. The minimum atomic E-state index is -0.0249. The van der Waals surface area contributed by atoms with Crippen LogP contribution in [0.15, 0.2) is 17.3 Å². The highest BCUT2D eigenvalue weighted by atomic mass is 16.4. The van der Waals surface area contributed by atoms with Crippen LogP contribution >= 0.6 is 0 Å². The average Bonchev–Trinajstić information content (AvgIpc) is 2.54. The van der Waals surface area contributed by atoms with Gasteiger partial charge < -0.3 is 15.4 Å². The topological polar surface area (TPSA) is 73.1 Å². The van der Waals surface area contributed by atoms with Gasteiger partial charge in [-0.3, -0.25) is 0 Å². The highest BCUT2D eigenvalue weighted by Gasteiger charge is 2.14. The van der Waals surface area contributed by atoms with Crippen LogP contribution in [-0.4, -0.2) is 21.1 Å². The van der Waals surface area contributed by atoms with Gasteiger partial charge in [0.25, 0.3) is 0 Å². The Morgan fingerprint density at radius 1 is 0.870 bits per heavy atom. The summed E-state index contributed by atoms with van der Waals surface area (Å²) in [5.41, 5.74) is 1.84. The van der Waals surface area contributed by atoms with Gasteiger partial charge in [0, 0.05) is 11.6 Å². The molecule has 0 saturated carbocycles. The van der Waals surface area contributed by atoms with Crippen LogP contribution in [0.25, 0.3) is 0 Å². The van der Waals surface area contributed by atoms with Gasteiger partial charge in [-0.05, 0) is 37.3 Å². The van der Waals surface area contributed by atoms with Crippen molar-refractivity contribution in [3.05, 3.63) is 23.3 Å². The van der Waals surface area contributed by atoms with E-state index in [4.69, 9.17) is 0 Å². The molecule has 0 spiro atoms. The molecule has 23 heavy (non-hydrogen) atoms. The first-order valence-corrected chi connectivity index (χ1v) is 8.90. The fraction of sp³-hybridized carbons (Fsp3) is 0.632. The Labute approximate surface area is 139 Å². The Kier molecular flexibility index (Phi) is 9.18. The Balaban J connectivity index is 2.79.